The van der Waals surface area contributed by atoms with E-state index in [9.17, 15) is 12.8 Å². The molecular formula is C22H25FN4O4S. The number of hydrogen-bond donors (Lipinski definition) is 1. The Morgan fingerprint density at radius 3 is 2.78 bits per heavy atom. The quantitative estimate of drug-likeness (QED) is 0.744. The van der Waals surface area contributed by atoms with Crippen LogP contribution in [0.5, 0.6) is 11.6 Å². The number of nitrogens with two attached hydrogens (primary N) is 1. The highest BCUT2D eigenvalue weighted by atomic mass is 32.2. The van der Waals surface area contributed by atoms with Crippen LogP contribution in [-0.2, 0) is 14.6 Å². The summed E-state index contributed by atoms with van der Waals surface area (Å²) in [4.78, 5) is 8.18. The van der Waals surface area contributed by atoms with E-state index in [0.717, 1.165) is 6.07 Å². The summed E-state index contributed by atoms with van der Waals surface area (Å²) in [5, 5.41) is 7.79. The predicted octanol–water partition coefficient (Wildman–Crippen LogP) is 3.29. The van der Waals surface area contributed by atoms with Crippen LogP contribution in [0.25, 0.3) is 0 Å². The van der Waals surface area contributed by atoms with Gasteiger partial charge in [0, 0.05) is 17.8 Å². The van der Waals surface area contributed by atoms with E-state index < -0.39 is 31.8 Å². The van der Waals surface area contributed by atoms with Crippen LogP contribution < -0.4 is 10.5 Å². The highest BCUT2D eigenvalue weighted by Crippen LogP contribution is 2.39. The lowest BCUT2D eigenvalue weighted by atomic mass is 10.1. The lowest BCUT2D eigenvalue weighted by Crippen LogP contribution is -2.48. The molecule has 0 spiro atoms. The number of aromatic nitrogens is 1. The summed E-state index contributed by atoms with van der Waals surface area (Å²) < 4.78 is 52.1. The van der Waals surface area contributed by atoms with Crippen molar-refractivity contribution in [1.82, 2.24) is 4.98 Å². The number of pyridine rings is 1. The summed E-state index contributed by atoms with van der Waals surface area (Å²) >= 11 is 0. The molecule has 10 heteroatoms. The Morgan fingerprint density at radius 2 is 2.06 bits per heavy atom. The van der Waals surface area contributed by atoms with E-state index in [1.165, 1.54) is 44.3 Å². The van der Waals surface area contributed by atoms with E-state index >= 15 is 0 Å². The second-order valence-corrected chi connectivity index (χ2v) is 10.7. The maximum absolute atomic E-state index is 15.0. The molecule has 0 radical (unpaired) electrons. The SMILES string of the molecule is C[C@H]1C[C@H](c2cc(Oc3cc(C#N)ccn3)ccc2F)S(=O)(=O)C(C)(C)C(N)=NCCO1. The summed E-state index contributed by atoms with van der Waals surface area (Å²) in [5.41, 5.74) is 6.30. The summed E-state index contributed by atoms with van der Waals surface area (Å²) in [5.74, 6) is -0.431. The fourth-order valence-corrected chi connectivity index (χ4v) is 5.50. The first kappa shape index (κ1) is 23.6. The Morgan fingerprint density at radius 1 is 1.31 bits per heavy atom. The van der Waals surface area contributed by atoms with E-state index in [0.29, 0.717) is 5.56 Å². The van der Waals surface area contributed by atoms with Gasteiger partial charge in [-0.2, -0.15) is 5.26 Å². The highest BCUT2D eigenvalue weighted by Gasteiger charge is 2.46. The number of ether oxygens (including phenoxy) is 2. The number of nitriles is 1. The van der Waals surface area contributed by atoms with Gasteiger partial charge >= 0.3 is 0 Å². The van der Waals surface area contributed by atoms with Crippen LogP contribution in [-0.4, -0.2) is 43.2 Å². The zero-order valence-electron chi connectivity index (χ0n) is 18.1. The van der Waals surface area contributed by atoms with E-state index in [1.807, 2.05) is 6.07 Å². The summed E-state index contributed by atoms with van der Waals surface area (Å²) in [6.07, 6.45) is 0.980. The molecule has 0 fully saturated rings. The van der Waals surface area contributed by atoms with Crippen molar-refractivity contribution in [1.29, 1.82) is 5.26 Å². The number of hydrogen-bond acceptors (Lipinski definition) is 8. The van der Waals surface area contributed by atoms with Crippen LogP contribution in [0.1, 0.15) is 43.6 Å². The third-order valence-corrected chi connectivity index (χ3v) is 8.25. The third-order valence-electron chi connectivity index (χ3n) is 5.43. The van der Waals surface area contributed by atoms with Crippen LogP contribution in [0.4, 0.5) is 4.39 Å². The molecule has 2 N–H and O–H groups in total. The Bertz CT molecular complexity index is 1170. The molecular weight excluding hydrogens is 435 g/mol. The van der Waals surface area contributed by atoms with Crippen molar-refractivity contribution in [2.75, 3.05) is 13.2 Å². The first-order valence-corrected chi connectivity index (χ1v) is 11.6. The molecule has 1 aromatic carbocycles. The smallest absolute Gasteiger partial charge is 0.220 e. The van der Waals surface area contributed by atoms with Gasteiger partial charge in [-0.1, -0.05) is 0 Å². The Balaban J connectivity index is 2.08. The predicted molar refractivity (Wildman–Crippen MR) is 118 cm³/mol. The lowest BCUT2D eigenvalue weighted by molar-refractivity contribution is 0.0648. The van der Waals surface area contributed by atoms with Crippen molar-refractivity contribution in [2.45, 2.75) is 43.3 Å². The molecule has 3 rings (SSSR count). The third kappa shape index (κ3) is 4.74. The fourth-order valence-electron chi connectivity index (χ4n) is 3.39. The van der Waals surface area contributed by atoms with Gasteiger partial charge in [0.25, 0.3) is 0 Å². The number of rotatable bonds is 3. The molecule has 32 heavy (non-hydrogen) atoms. The van der Waals surface area contributed by atoms with Crippen molar-refractivity contribution in [3.8, 4) is 17.7 Å². The number of aliphatic imine (C=N–C) groups is 1. The monoisotopic (exact) mass is 460 g/mol. The molecule has 0 bridgehead atoms. The van der Waals surface area contributed by atoms with Gasteiger partial charge in [0.1, 0.15) is 22.1 Å². The van der Waals surface area contributed by atoms with Gasteiger partial charge in [-0.15, -0.1) is 0 Å². The van der Waals surface area contributed by atoms with Gasteiger partial charge in [-0.25, -0.2) is 17.8 Å². The van der Waals surface area contributed by atoms with Gasteiger partial charge in [-0.05, 0) is 51.5 Å². The van der Waals surface area contributed by atoms with Crippen LogP contribution in [0.15, 0.2) is 41.5 Å². The van der Waals surface area contributed by atoms with Crippen molar-refractivity contribution < 1.29 is 22.3 Å². The molecule has 8 nitrogen and oxygen atoms in total. The van der Waals surface area contributed by atoms with Crippen molar-refractivity contribution >= 4 is 15.7 Å². The van der Waals surface area contributed by atoms with E-state index in [-0.39, 0.29) is 42.6 Å². The average molecular weight is 461 g/mol. The zero-order valence-corrected chi connectivity index (χ0v) is 18.9. The number of halogens is 1. The molecule has 0 amide bonds. The van der Waals surface area contributed by atoms with Gasteiger partial charge in [-0.3, -0.25) is 4.99 Å². The lowest BCUT2D eigenvalue weighted by Gasteiger charge is -2.32. The fraction of sp³-hybridized carbons (Fsp3) is 0.409. The summed E-state index contributed by atoms with van der Waals surface area (Å²) in [6, 6.07) is 8.77. The Hall–Kier alpha value is -3.03. The zero-order chi connectivity index (χ0) is 23.5. The molecule has 0 aliphatic carbocycles. The minimum atomic E-state index is -4.05. The number of amidine groups is 1. The molecule has 2 atom stereocenters. The molecule has 0 saturated carbocycles. The molecule has 1 aliphatic rings. The molecule has 2 aromatic rings. The van der Waals surface area contributed by atoms with E-state index in [4.69, 9.17) is 20.5 Å². The molecule has 0 saturated heterocycles. The molecule has 2 heterocycles. The van der Waals surface area contributed by atoms with Crippen LogP contribution in [0.2, 0.25) is 0 Å². The minimum absolute atomic E-state index is 0.0293. The summed E-state index contributed by atoms with van der Waals surface area (Å²) in [7, 11) is -4.05. The van der Waals surface area contributed by atoms with Gasteiger partial charge in [0.2, 0.25) is 5.88 Å². The van der Waals surface area contributed by atoms with Crippen molar-refractivity contribution in [3.05, 3.63) is 53.5 Å². The van der Waals surface area contributed by atoms with Gasteiger partial charge in [0.15, 0.2) is 9.84 Å². The standard InChI is InChI=1S/C22H25FN4O4S/c1-14-10-19(32(28,29)22(2,3)21(25)27-8-9-30-14)17-12-16(4-5-18(17)23)31-20-11-15(13-24)6-7-26-20/h4-7,11-12,14,19H,8-10H2,1-3H3,(H2,25,27)/t14-,19+/m0/s1. The second kappa shape index (κ2) is 9.22. The maximum atomic E-state index is 15.0. The number of sulfone groups is 1. The maximum Gasteiger partial charge on any atom is 0.220 e. The molecule has 1 aromatic heterocycles. The van der Waals surface area contributed by atoms with Crippen LogP contribution >= 0.6 is 0 Å². The average Bonchev–Trinajstić information content (AvgIpc) is 2.75. The second-order valence-electron chi connectivity index (χ2n) is 8.01. The first-order valence-electron chi connectivity index (χ1n) is 10.0. The van der Waals surface area contributed by atoms with Crippen molar-refractivity contribution in [2.24, 2.45) is 10.7 Å². The van der Waals surface area contributed by atoms with Crippen LogP contribution in [0.3, 0.4) is 0 Å². The van der Waals surface area contributed by atoms with Crippen molar-refractivity contribution in [3.63, 3.8) is 0 Å². The first-order chi connectivity index (χ1) is 15.1. The summed E-state index contributed by atoms with van der Waals surface area (Å²) in [6.45, 7) is 5.19. The van der Waals surface area contributed by atoms with Crippen LogP contribution in [0, 0.1) is 17.1 Å². The van der Waals surface area contributed by atoms with Gasteiger partial charge in [0.05, 0.1) is 36.1 Å². The molecule has 170 valence electrons. The largest absolute Gasteiger partial charge is 0.439 e. The number of benzene rings is 1. The number of nitrogens with zero attached hydrogens (tertiary/aromatic N) is 3. The molecule has 0 unspecified atom stereocenters. The van der Waals surface area contributed by atoms with E-state index in [2.05, 4.69) is 9.98 Å². The topological polar surface area (TPSA) is 128 Å². The normalized spacial score (nSPS) is 22.9. The van der Waals surface area contributed by atoms with E-state index in [1.54, 1.807) is 6.92 Å². The Kier molecular flexibility index (Phi) is 6.81. The minimum Gasteiger partial charge on any atom is -0.439 e. The van der Waals surface area contributed by atoms with Gasteiger partial charge < -0.3 is 15.2 Å². The Labute approximate surface area is 186 Å². The highest BCUT2D eigenvalue weighted by molar-refractivity contribution is 7.93. The molecule has 1 aliphatic heterocycles.